The lowest BCUT2D eigenvalue weighted by Gasteiger charge is -2.11. The number of nitrogens with two attached hydrogens (primary N) is 1. The Morgan fingerprint density at radius 1 is 1.45 bits per heavy atom. The van der Waals surface area contributed by atoms with Crippen molar-refractivity contribution in [2.24, 2.45) is 11.7 Å². The molecule has 0 aliphatic rings. The highest BCUT2D eigenvalue weighted by Crippen LogP contribution is 2.21. The summed E-state index contributed by atoms with van der Waals surface area (Å²) >= 11 is 1.63. The third kappa shape index (κ3) is 3.43. The van der Waals surface area contributed by atoms with Crippen LogP contribution < -0.4 is 11.1 Å². The Morgan fingerprint density at radius 2 is 2.25 bits per heavy atom. The van der Waals surface area contributed by atoms with Crippen molar-refractivity contribution < 1.29 is 4.79 Å². The molecule has 0 fully saturated rings. The molecule has 106 valence electrons. The number of nitrogens with zero attached hydrogens (tertiary/aromatic N) is 1. The monoisotopic (exact) mass is 289 g/mol. The van der Waals surface area contributed by atoms with Crippen molar-refractivity contribution in [2.45, 2.75) is 13.8 Å². The first-order valence-electron chi connectivity index (χ1n) is 6.60. The largest absolute Gasteiger partial charge is 0.352 e. The van der Waals surface area contributed by atoms with E-state index in [0.717, 1.165) is 17.0 Å². The summed E-state index contributed by atoms with van der Waals surface area (Å²) < 4.78 is 0. The van der Waals surface area contributed by atoms with Gasteiger partial charge in [0.25, 0.3) is 5.91 Å². The van der Waals surface area contributed by atoms with Gasteiger partial charge in [0.15, 0.2) is 0 Å². The van der Waals surface area contributed by atoms with Gasteiger partial charge in [-0.3, -0.25) is 9.78 Å². The number of pyridine rings is 1. The van der Waals surface area contributed by atoms with Crippen LogP contribution in [0.2, 0.25) is 0 Å². The van der Waals surface area contributed by atoms with Gasteiger partial charge in [0.05, 0.1) is 17.0 Å². The number of aromatic nitrogens is 1. The molecule has 3 N–H and O–H groups in total. The van der Waals surface area contributed by atoms with Crippen molar-refractivity contribution in [3.8, 4) is 11.3 Å². The summed E-state index contributed by atoms with van der Waals surface area (Å²) in [4.78, 5) is 16.6. The fourth-order valence-corrected chi connectivity index (χ4v) is 2.47. The number of carbonyl (C=O) groups excluding carboxylic acids is 1. The predicted octanol–water partition coefficient (Wildman–Crippen LogP) is 2.44. The average Bonchev–Trinajstić information content (AvgIpc) is 2.98. The van der Waals surface area contributed by atoms with Crippen molar-refractivity contribution in [3.05, 3.63) is 40.2 Å². The van der Waals surface area contributed by atoms with Gasteiger partial charge in [-0.15, -0.1) is 0 Å². The number of carbonyl (C=O) groups is 1. The van der Waals surface area contributed by atoms with E-state index in [-0.39, 0.29) is 11.8 Å². The van der Waals surface area contributed by atoms with Crippen LogP contribution in [0, 0.1) is 12.8 Å². The van der Waals surface area contributed by atoms with E-state index in [4.69, 9.17) is 5.73 Å². The molecule has 0 saturated heterocycles. The van der Waals surface area contributed by atoms with E-state index >= 15 is 0 Å². The van der Waals surface area contributed by atoms with Crippen LogP contribution in [0.1, 0.15) is 23.0 Å². The number of nitrogens with one attached hydrogen (secondary N) is 1. The molecule has 0 aliphatic carbocycles. The molecular formula is C15H19N3OS. The molecule has 0 bridgehead atoms. The molecule has 0 aromatic carbocycles. The Balaban J connectivity index is 2.11. The summed E-state index contributed by atoms with van der Waals surface area (Å²) in [5, 5.41) is 6.95. The van der Waals surface area contributed by atoms with Gasteiger partial charge in [-0.25, -0.2) is 0 Å². The fraction of sp³-hybridized carbons (Fsp3) is 0.333. The van der Waals surface area contributed by atoms with E-state index in [9.17, 15) is 4.79 Å². The van der Waals surface area contributed by atoms with Crippen LogP contribution in [0.15, 0.2) is 29.0 Å². The molecule has 0 aliphatic heterocycles. The van der Waals surface area contributed by atoms with Gasteiger partial charge in [0.2, 0.25) is 0 Å². The topological polar surface area (TPSA) is 68.0 Å². The van der Waals surface area contributed by atoms with E-state index in [1.807, 2.05) is 42.8 Å². The molecule has 0 saturated carbocycles. The molecule has 1 amide bonds. The molecule has 1 atom stereocenters. The lowest BCUT2D eigenvalue weighted by atomic mass is 10.1. The van der Waals surface area contributed by atoms with Crippen LogP contribution in [0.3, 0.4) is 0 Å². The zero-order valence-corrected chi connectivity index (χ0v) is 12.5. The summed E-state index contributed by atoms with van der Waals surface area (Å²) in [6.07, 6.45) is 0. The Hall–Kier alpha value is -1.72. The van der Waals surface area contributed by atoms with Crippen molar-refractivity contribution in [1.29, 1.82) is 0 Å². The standard InChI is InChI=1S/C15H19N3OS/c1-10(7-16)8-17-15(19)13-3-4-14(18-11(13)2)12-5-6-20-9-12/h3-6,9-10H,7-8,16H2,1-2H3,(H,17,19). The molecule has 4 nitrogen and oxygen atoms in total. The number of rotatable bonds is 5. The second-order valence-electron chi connectivity index (χ2n) is 4.89. The van der Waals surface area contributed by atoms with Gasteiger partial charge < -0.3 is 11.1 Å². The SMILES string of the molecule is Cc1nc(-c2ccsc2)ccc1C(=O)NCC(C)CN. The molecule has 5 heteroatoms. The minimum atomic E-state index is -0.0906. The second kappa shape index (κ2) is 6.63. The third-order valence-corrected chi connectivity index (χ3v) is 3.84. The van der Waals surface area contributed by atoms with Crippen LogP contribution in [0.25, 0.3) is 11.3 Å². The maximum absolute atomic E-state index is 12.1. The number of thiophene rings is 1. The zero-order chi connectivity index (χ0) is 14.5. The minimum absolute atomic E-state index is 0.0906. The first-order valence-corrected chi connectivity index (χ1v) is 7.54. The van der Waals surface area contributed by atoms with Crippen LogP contribution in [-0.4, -0.2) is 24.0 Å². The van der Waals surface area contributed by atoms with Gasteiger partial charge in [-0.2, -0.15) is 11.3 Å². The molecule has 1 unspecified atom stereocenters. The molecule has 2 rings (SSSR count). The highest BCUT2D eigenvalue weighted by atomic mass is 32.1. The molecule has 2 aromatic rings. The predicted molar refractivity (Wildman–Crippen MR) is 82.8 cm³/mol. The lowest BCUT2D eigenvalue weighted by Crippen LogP contribution is -2.31. The summed E-state index contributed by atoms with van der Waals surface area (Å²) in [6.45, 7) is 5.01. The van der Waals surface area contributed by atoms with E-state index < -0.39 is 0 Å². The maximum atomic E-state index is 12.1. The first kappa shape index (κ1) is 14.7. The smallest absolute Gasteiger partial charge is 0.253 e. The zero-order valence-electron chi connectivity index (χ0n) is 11.7. The average molecular weight is 289 g/mol. The molecular weight excluding hydrogens is 270 g/mol. The summed E-state index contributed by atoms with van der Waals surface area (Å²) in [6, 6.07) is 5.74. The molecule has 20 heavy (non-hydrogen) atoms. The van der Waals surface area contributed by atoms with Crippen LogP contribution in [-0.2, 0) is 0 Å². The van der Waals surface area contributed by atoms with E-state index in [2.05, 4.69) is 10.3 Å². The van der Waals surface area contributed by atoms with Gasteiger partial charge in [-0.05, 0) is 43.0 Å². The molecule has 0 radical (unpaired) electrons. The van der Waals surface area contributed by atoms with Crippen LogP contribution in [0.4, 0.5) is 0 Å². The van der Waals surface area contributed by atoms with Crippen molar-refractivity contribution in [3.63, 3.8) is 0 Å². The van der Waals surface area contributed by atoms with Crippen molar-refractivity contribution in [2.75, 3.05) is 13.1 Å². The Kier molecular flexibility index (Phi) is 4.87. The summed E-state index contributed by atoms with van der Waals surface area (Å²) in [7, 11) is 0. The third-order valence-electron chi connectivity index (χ3n) is 3.16. The van der Waals surface area contributed by atoms with Crippen LogP contribution in [0.5, 0.6) is 0 Å². The van der Waals surface area contributed by atoms with Gasteiger partial charge >= 0.3 is 0 Å². The van der Waals surface area contributed by atoms with Gasteiger partial charge in [0, 0.05) is 17.5 Å². The Bertz CT molecular complexity index is 581. The van der Waals surface area contributed by atoms with E-state index in [1.165, 1.54) is 0 Å². The molecule has 2 aromatic heterocycles. The van der Waals surface area contributed by atoms with Gasteiger partial charge in [0.1, 0.15) is 0 Å². The Morgan fingerprint density at radius 3 is 2.85 bits per heavy atom. The highest BCUT2D eigenvalue weighted by molar-refractivity contribution is 7.08. The number of amides is 1. The summed E-state index contributed by atoms with van der Waals surface area (Å²) in [5.74, 6) is 0.185. The van der Waals surface area contributed by atoms with Crippen LogP contribution >= 0.6 is 11.3 Å². The normalized spacial score (nSPS) is 12.2. The number of hydrogen-bond acceptors (Lipinski definition) is 4. The van der Waals surface area contributed by atoms with E-state index in [0.29, 0.717) is 18.7 Å². The second-order valence-corrected chi connectivity index (χ2v) is 5.67. The lowest BCUT2D eigenvalue weighted by molar-refractivity contribution is 0.0947. The highest BCUT2D eigenvalue weighted by Gasteiger charge is 2.12. The first-order chi connectivity index (χ1) is 9.61. The molecule has 0 spiro atoms. The quantitative estimate of drug-likeness (QED) is 0.888. The minimum Gasteiger partial charge on any atom is -0.352 e. The Labute approximate surface area is 123 Å². The summed E-state index contributed by atoms with van der Waals surface area (Å²) in [5.41, 5.74) is 8.88. The van der Waals surface area contributed by atoms with E-state index in [1.54, 1.807) is 11.3 Å². The molecule has 2 heterocycles. The van der Waals surface area contributed by atoms with Gasteiger partial charge in [-0.1, -0.05) is 6.92 Å². The number of aryl methyl sites for hydroxylation is 1. The maximum Gasteiger partial charge on any atom is 0.253 e. The van der Waals surface area contributed by atoms with Crippen molar-refractivity contribution in [1.82, 2.24) is 10.3 Å². The van der Waals surface area contributed by atoms with Crippen molar-refractivity contribution >= 4 is 17.2 Å². The number of hydrogen-bond donors (Lipinski definition) is 2. The fourth-order valence-electron chi connectivity index (χ4n) is 1.82.